The normalized spacial score (nSPS) is 10.5. The minimum atomic E-state index is -0.673. The Morgan fingerprint density at radius 2 is 2.24 bits per heavy atom. The number of esters is 1. The number of allylic oxidation sites excluding steroid dienone is 1. The summed E-state index contributed by atoms with van der Waals surface area (Å²) >= 11 is 0. The Morgan fingerprint density at radius 3 is 2.82 bits per heavy atom. The van der Waals surface area contributed by atoms with Gasteiger partial charge in [-0.2, -0.15) is 0 Å². The van der Waals surface area contributed by atoms with Crippen LogP contribution in [0.3, 0.4) is 0 Å². The largest absolute Gasteiger partial charge is 0.458 e. The number of nitrogens with zero attached hydrogens (tertiary/aromatic N) is 1. The first-order chi connectivity index (χ1) is 8.07. The lowest BCUT2D eigenvalue weighted by atomic mass is 10.1. The highest BCUT2D eigenvalue weighted by Crippen LogP contribution is 2.22. The standard InChI is InChI=1S/C12H13NO4/c1-3-4-8-17-12(14)11-9(2)6-5-7-10(11)13(15)16/h3-7H,8H2,1-2H3/b4-3+. The number of rotatable bonds is 4. The molecule has 0 aliphatic carbocycles. The number of aryl methyl sites for hydroxylation is 1. The van der Waals surface area contributed by atoms with Gasteiger partial charge in [0.25, 0.3) is 5.69 Å². The molecule has 1 aromatic rings. The van der Waals surface area contributed by atoms with Gasteiger partial charge in [-0.05, 0) is 19.4 Å². The van der Waals surface area contributed by atoms with Crippen LogP contribution in [0.25, 0.3) is 0 Å². The van der Waals surface area contributed by atoms with Crippen LogP contribution in [0.2, 0.25) is 0 Å². The summed E-state index contributed by atoms with van der Waals surface area (Å²) in [4.78, 5) is 21.9. The molecular weight excluding hydrogens is 222 g/mol. The highest BCUT2D eigenvalue weighted by atomic mass is 16.6. The van der Waals surface area contributed by atoms with Gasteiger partial charge in [0, 0.05) is 6.07 Å². The lowest BCUT2D eigenvalue weighted by Gasteiger charge is -2.05. The van der Waals surface area contributed by atoms with E-state index in [1.54, 1.807) is 32.1 Å². The smallest absolute Gasteiger partial charge is 0.345 e. The molecule has 0 aromatic heterocycles. The molecule has 0 atom stereocenters. The monoisotopic (exact) mass is 235 g/mol. The third-order valence-corrected chi connectivity index (χ3v) is 2.20. The van der Waals surface area contributed by atoms with Gasteiger partial charge in [0.2, 0.25) is 0 Å². The number of benzene rings is 1. The zero-order chi connectivity index (χ0) is 12.8. The molecule has 0 N–H and O–H groups in total. The van der Waals surface area contributed by atoms with Crippen LogP contribution in [-0.4, -0.2) is 17.5 Å². The van der Waals surface area contributed by atoms with Crippen molar-refractivity contribution < 1.29 is 14.5 Å². The van der Waals surface area contributed by atoms with Crippen molar-refractivity contribution in [3.05, 3.63) is 51.6 Å². The van der Waals surface area contributed by atoms with E-state index in [2.05, 4.69) is 0 Å². The summed E-state index contributed by atoms with van der Waals surface area (Å²) in [6, 6.07) is 4.47. The van der Waals surface area contributed by atoms with Gasteiger partial charge in [0.05, 0.1) is 4.92 Å². The fourth-order valence-corrected chi connectivity index (χ4v) is 1.36. The van der Waals surface area contributed by atoms with E-state index in [1.807, 2.05) is 0 Å². The van der Waals surface area contributed by atoms with Gasteiger partial charge in [-0.1, -0.05) is 24.3 Å². The van der Waals surface area contributed by atoms with Crippen LogP contribution < -0.4 is 0 Å². The van der Waals surface area contributed by atoms with Crippen LogP contribution in [0, 0.1) is 17.0 Å². The van der Waals surface area contributed by atoms with Crippen LogP contribution in [0.4, 0.5) is 5.69 Å². The Labute approximate surface area is 98.9 Å². The zero-order valence-electron chi connectivity index (χ0n) is 9.67. The van der Waals surface area contributed by atoms with Gasteiger partial charge in [-0.25, -0.2) is 4.79 Å². The molecule has 0 fully saturated rings. The lowest BCUT2D eigenvalue weighted by molar-refractivity contribution is -0.385. The van der Waals surface area contributed by atoms with Crippen molar-refractivity contribution >= 4 is 11.7 Å². The van der Waals surface area contributed by atoms with E-state index in [4.69, 9.17) is 4.74 Å². The van der Waals surface area contributed by atoms with Crippen LogP contribution in [0.5, 0.6) is 0 Å². The van der Waals surface area contributed by atoms with E-state index in [0.29, 0.717) is 5.56 Å². The SMILES string of the molecule is C/C=C/COC(=O)c1c(C)cccc1[N+](=O)[O-]. The second-order valence-electron chi connectivity index (χ2n) is 3.39. The lowest BCUT2D eigenvalue weighted by Crippen LogP contribution is -2.10. The van der Waals surface area contributed by atoms with Crippen molar-refractivity contribution in [2.75, 3.05) is 6.61 Å². The number of hydrogen-bond donors (Lipinski definition) is 0. The molecule has 1 rings (SSSR count). The summed E-state index contributed by atoms with van der Waals surface area (Å²) in [5, 5.41) is 10.8. The molecule has 17 heavy (non-hydrogen) atoms. The van der Waals surface area contributed by atoms with Crippen LogP contribution in [0.15, 0.2) is 30.4 Å². The van der Waals surface area contributed by atoms with Crippen molar-refractivity contribution in [2.45, 2.75) is 13.8 Å². The number of nitro benzene ring substituents is 1. The molecule has 0 aliphatic rings. The Morgan fingerprint density at radius 1 is 1.53 bits per heavy atom. The Kier molecular flexibility index (Phi) is 4.39. The van der Waals surface area contributed by atoms with E-state index in [-0.39, 0.29) is 17.9 Å². The first-order valence-electron chi connectivity index (χ1n) is 5.10. The highest BCUT2D eigenvalue weighted by molar-refractivity contribution is 5.95. The molecule has 90 valence electrons. The van der Waals surface area contributed by atoms with Crippen molar-refractivity contribution in [1.82, 2.24) is 0 Å². The average Bonchev–Trinajstić information content (AvgIpc) is 2.28. The van der Waals surface area contributed by atoms with Crippen molar-refractivity contribution in [2.24, 2.45) is 0 Å². The van der Waals surface area contributed by atoms with Crippen LogP contribution in [-0.2, 0) is 4.74 Å². The van der Waals surface area contributed by atoms with E-state index in [9.17, 15) is 14.9 Å². The molecule has 5 nitrogen and oxygen atoms in total. The summed E-state index contributed by atoms with van der Waals surface area (Å²) in [6.07, 6.45) is 3.39. The maximum Gasteiger partial charge on any atom is 0.345 e. The minimum absolute atomic E-state index is 0.0157. The first-order valence-corrected chi connectivity index (χ1v) is 5.10. The quantitative estimate of drug-likeness (QED) is 0.348. The summed E-state index contributed by atoms with van der Waals surface area (Å²) < 4.78 is 4.91. The highest BCUT2D eigenvalue weighted by Gasteiger charge is 2.22. The molecule has 1 aromatic carbocycles. The van der Waals surface area contributed by atoms with Crippen molar-refractivity contribution in [3.63, 3.8) is 0 Å². The number of hydrogen-bond acceptors (Lipinski definition) is 4. The fourth-order valence-electron chi connectivity index (χ4n) is 1.36. The summed E-state index contributed by atoms with van der Waals surface area (Å²) in [7, 11) is 0. The van der Waals surface area contributed by atoms with Gasteiger partial charge in [-0.15, -0.1) is 0 Å². The summed E-state index contributed by atoms with van der Waals surface area (Å²) in [5.74, 6) is -0.673. The van der Waals surface area contributed by atoms with Gasteiger partial charge in [-0.3, -0.25) is 10.1 Å². The molecule has 0 saturated heterocycles. The molecular formula is C12H13NO4. The predicted octanol–water partition coefficient (Wildman–Crippen LogP) is 2.64. The summed E-state index contributed by atoms with van der Waals surface area (Å²) in [6.45, 7) is 3.55. The third-order valence-electron chi connectivity index (χ3n) is 2.20. The van der Waals surface area contributed by atoms with E-state index >= 15 is 0 Å². The Balaban J connectivity index is 3.03. The van der Waals surface area contributed by atoms with Gasteiger partial charge in [0.1, 0.15) is 12.2 Å². The molecule has 0 aliphatic heterocycles. The van der Waals surface area contributed by atoms with E-state index in [0.717, 1.165) is 0 Å². The molecule has 0 spiro atoms. The second-order valence-corrected chi connectivity index (χ2v) is 3.39. The van der Waals surface area contributed by atoms with Gasteiger partial charge < -0.3 is 4.74 Å². The number of carbonyl (C=O) groups excluding carboxylic acids is 1. The summed E-state index contributed by atoms with van der Waals surface area (Å²) in [5.41, 5.74) is 0.321. The fraction of sp³-hybridized carbons (Fsp3) is 0.250. The second kappa shape index (κ2) is 5.79. The first kappa shape index (κ1) is 12.9. The Hall–Kier alpha value is -2.17. The maximum absolute atomic E-state index is 11.7. The molecule has 0 radical (unpaired) electrons. The maximum atomic E-state index is 11.7. The molecule has 0 saturated carbocycles. The molecule has 0 unspecified atom stereocenters. The Bertz CT molecular complexity index is 466. The minimum Gasteiger partial charge on any atom is -0.458 e. The van der Waals surface area contributed by atoms with Crippen LogP contribution in [0.1, 0.15) is 22.8 Å². The predicted molar refractivity (Wildman–Crippen MR) is 62.9 cm³/mol. The molecule has 0 heterocycles. The number of ether oxygens (including phenoxy) is 1. The van der Waals surface area contributed by atoms with Crippen molar-refractivity contribution in [1.29, 1.82) is 0 Å². The average molecular weight is 235 g/mol. The molecule has 5 heteroatoms. The molecule has 0 amide bonds. The topological polar surface area (TPSA) is 69.4 Å². The van der Waals surface area contributed by atoms with E-state index in [1.165, 1.54) is 12.1 Å². The zero-order valence-corrected chi connectivity index (χ0v) is 9.67. The van der Waals surface area contributed by atoms with Crippen molar-refractivity contribution in [3.8, 4) is 0 Å². The van der Waals surface area contributed by atoms with E-state index < -0.39 is 10.9 Å². The number of nitro groups is 1. The third kappa shape index (κ3) is 3.14. The van der Waals surface area contributed by atoms with Gasteiger partial charge in [0.15, 0.2) is 0 Å². The number of carbonyl (C=O) groups is 1. The van der Waals surface area contributed by atoms with Crippen LogP contribution >= 0.6 is 0 Å². The van der Waals surface area contributed by atoms with Gasteiger partial charge >= 0.3 is 5.97 Å². The molecule has 0 bridgehead atoms.